The van der Waals surface area contributed by atoms with Crippen LogP contribution < -0.4 is 0 Å². The fraction of sp³-hybridized carbons (Fsp3) is 0.700. The zero-order valence-electron chi connectivity index (χ0n) is 7.80. The van der Waals surface area contributed by atoms with Crippen LogP contribution in [0.4, 0.5) is 0 Å². The van der Waals surface area contributed by atoms with Crippen LogP contribution >= 0.6 is 0 Å². The molecule has 0 aromatic carbocycles. The molecule has 0 aliphatic heterocycles. The van der Waals surface area contributed by atoms with E-state index in [9.17, 15) is 9.59 Å². The molecule has 1 fully saturated rings. The van der Waals surface area contributed by atoms with Crippen molar-refractivity contribution in [1.29, 1.82) is 5.26 Å². The lowest BCUT2D eigenvalue weighted by atomic mass is 9.71. The van der Waals surface area contributed by atoms with E-state index in [1.54, 1.807) is 6.92 Å². The van der Waals surface area contributed by atoms with Crippen LogP contribution in [-0.4, -0.2) is 11.6 Å². The first kappa shape index (κ1) is 9.91. The molecule has 0 radical (unpaired) electrons. The minimum atomic E-state index is -0.853. The van der Waals surface area contributed by atoms with Crippen molar-refractivity contribution < 1.29 is 9.59 Å². The predicted molar refractivity (Wildman–Crippen MR) is 46.8 cm³/mol. The second-order valence-electron chi connectivity index (χ2n) is 3.69. The number of hydrogen-bond acceptors (Lipinski definition) is 3. The molecule has 1 aliphatic rings. The molecule has 0 saturated heterocycles. The smallest absolute Gasteiger partial charge is 0.146 e. The molecule has 1 aliphatic carbocycles. The number of carbonyl (C=O) groups is 2. The third kappa shape index (κ3) is 1.77. The number of hydrogen-bond donors (Lipinski definition) is 0. The average Bonchev–Trinajstić information content (AvgIpc) is 2.11. The summed E-state index contributed by atoms with van der Waals surface area (Å²) in [4.78, 5) is 23.0. The van der Waals surface area contributed by atoms with Crippen molar-refractivity contribution >= 4 is 11.6 Å². The molecule has 70 valence electrons. The molecule has 0 atom stereocenters. The molecule has 0 amide bonds. The van der Waals surface area contributed by atoms with Gasteiger partial charge in [-0.15, -0.1) is 0 Å². The summed E-state index contributed by atoms with van der Waals surface area (Å²) in [5.74, 6) is 0.0259. The van der Waals surface area contributed by atoms with Crippen molar-refractivity contribution in [1.82, 2.24) is 0 Å². The van der Waals surface area contributed by atoms with Crippen LogP contribution in [0.2, 0.25) is 0 Å². The van der Waals surface area contributed by atoms with Crippen LogP contribution in [0.5, 0.6) is 0 Å². The van der Waals surface area contributed by atoms with Gasteiger partial charge in [0.05, 0.1) is 11.5 Å². The summed E-state index contributed by atoms with van der Waals surface area (Å²) in [6.45, 7) is 1.67. The van der Waals surface area contributed by atoms with E-state index in [-0.39, 0.29) is 18.0 Å². The normalized spacial score (nSPS) is 21.2. The van der Waals surface area contributed by atoms with Gasteiger partial charge in [0.2, 0.25) is 0 Å². The summed E-state index contributed by atoms with van der Waals surface area (Å²) >= 11 is 0. The van der Waals surface area contributed by atoms with Crippen molar-refractivity contribution in [3.05, 3.63) is 0 Å². The van der Waals surface area contributed by atoms with Crippen LogP contribution in [0, 0.1) is 16.7 Å². The van der Waals surface area contributed by atoms with E-state index < -0.39 is 5.41 Å². The largest absolute Gasteiger partial charge is 0.299 e. The van der Waals surface area contributed by atoms with E-state index in [4.69, 9.17) is 5.26 Å². The topological polar surface area (TPSA) is 57.9 Å². The number of rotatable bonds is 2. The maximum atomic E-state index is 11.5. The van der Waals surface area contributed by atoms with E-state index in [1.807, 2.05) is 6.07 Å². The lowest BCUT2D eigenvalue weighted by Crippen LogP contribution is -2.39. The van der Waals surface area contributed by atoms with Gasteiger partial charge in [-0.2, -0.15) is 5.26 Å². The Morgan fingerprint density at radius 3 is 2.38 bits per heavy atom. The van der Waals surface area contributed by atoms with E-state index in [0.717, 1.165) is 0 Å². The van der Waals surface area contributed by atoms with Crippen molar-refractivity contribution in [2.24, 2.45) is 5.41 Å². The molecular weight excluding hydrogens is 166 g/mol. The molecule has 0 N–H and O–H groups in total. The van der Waals surface area contributed by atoms with Crippen LogP contribution in [0.15, 0.2) is 0 Å². The zero-order chi connectivity index (χ0) is 9.90. The Labute approximate surface area is 77.7 Å². The first-order valence-electron chi connectivity index (χ1n) is 4.55. The Kier molecular flexibility index (Phi) is 2.82. The highest BCUT2D eigenvalue weighted by molar-refractivity contribution is 6.08. The molecule has 3 heteroatoms. The summed E-state index contributed by atoms with van der Waals surface area (Å²) in [5.41, 5.74) is -0.853. The maximum Gasteiger partial charge on any atom is 0.146 e. The molecule has 1 rings (SSSR count). The fourth-order valence-electron chi connectivity index (χ4n) is 1.70. The quantitative estimate of drug-likeness (QED) is 0.605. The summed E-state index contributed by atoms with van der Waals surface area (Å²) in [6, 6.07) is 1.98. The third-order valence-corrected chi connectivity index (χ3v) is 2.78. The second-order valence-corrected chi connectivity index (χ2v) is 3.69. The van der Waals surface area contributed by atoms with Crippen LogP contribution in [0.1, 0.15) is 39.0 Å². The molecule has 0 spiro atoms. The van der Waals surface area contributed by atoms with Crippen molar-refractivity contribution in [2.45, 2.75) is 39.0 Å². The zero-order valence-corrected chi connectivity index (χ0v) is 7.80. The van der Waals surface area contributed by atoms with Gasteiger partial charge in [0, 0.05) is 19.3 Å². The molecular formula is C10H13NO2. The molecule has 1 saturated carbocycles. The first-order chi connectivity index (χ1) is 6.11. The van der Waals surface area contributed by atoms with E-state index in [1.165, 1.54) is 0 Å². The monoisotopic (exact) mass is 179 g/mol. The van der Waals surface area contributed by atoms with Gasteiger partial charge in [-0.1, -0.05) is 0 Å². The second kappa shape index (κ2) is 3.69. The highest BCUT2D eigenvalue weighted by atomic mass is 16.2. The molecule has 0 heterocycles. The highest BCUT2D eigenvalue weighted by Crippen LogP contribution is 2.33. The summed E-state index contributed by atoms with van der Waals surface area (Å²) < 4.78 is 0. The molecule has 0 aromatic rings. The Balaban J connectivity index is 2.76. The lowest BCUT2D eigenvalue weighted by Gasteiger charge is -2.29. The molecule has 0 aromatic heterocycles. The van der Waals surface area contributed by atoms with E-state index >= 15 is 0 Å². The van der Waals surface area contributed by atoms with Gasteiger partial charge in [0.1, 0.15) is 11.6 Å². The molecule has 13 heavy (non-hydrogen) atoms. The Morgan fingerprint density at radius 1 is 1.38 bits per heavy atom. The number of nitriles is 1. The van der Waals surface area contributed by atoms with Gasteiger partial charge in [0.25, 0.3) is 0 Å². The van der Waals surface area contributed by atoms with Gasteiger partial charge in [0.15, 0.2) is 0 Å². The molecule has 0 unspecified atom stereocenters. The standard InChI is InChI=1S/C10H13NO2/c1-10(6-3-7-11)8(12)4-2-5-9(10)13/h2-6H2,1H3. The minimum Gasteiger partial charge on any atom is -0.299 e. The summed E-state index contributed by atoms with van der Waals surface area (Å²) in [6.07, 6.45) is 2.34. The third-order valence-electron chi connectivity index (χ3n) is 2.78. The number of Topliss-reactive ketones (excluding diaryl/α,β-unsaturated/α-hetero) is 2. The lowest BCUT2D eigenvalue weighted by molar-refractivity contribution is -0.143. The van der Waals surface area contributed by atoms with Gasteiger partial charge >= 0.3 is 0 Å². The molecule has 3 nitrogen and oxygen atoms in total. The Hall–Kier alpha value is -1.17. The van der Waals surface area contributed by atoms with Crippen LogP contribution in [0.25, 0.3) is 0 Å². The van der Waals surface area contributed by atoms with E-state index in [2.05, 4.69) is 0 Å². The molecule has 0 bridgehead atoms. The summed E-state index contributed by atoms with van der Waals surface area (Å²) in [7, 11) is 0. The number of ketones is 2. The SMILES string of the molecule is CC1(CCC#N)C(=O)CCCC1=O. The van der Waals surface area contributed by atoms with Crippen LogP contribution in [-0.2, 0) is 9.59 Å². The van der Waals surface area contributed by atoms with Gasteiger partial charge in [-0.3, -0.25) is 9.59 Å². The van der Waals surface area contributed by atoms with Gasteiger partial charge in [-0.05, 0) is 19.8 Å². The Morgan fingerprint density at radius 2 is 1.92 bits per heavy atom. The van der Waals surface area contributed by atoms with Crippen molar-refractivity contribution in [3.63, 3.8) is 0 Å². The van der Waals surface area contributed by atoms with Crippen molar-refractivity contribution in [3.8, 4) is 6.07 Å². The highest BCUT2D eigenvalue weighted by Gasteiger charge is 2.41. The Bertz CT molecular complexity index is 259. The van der Waals surface area contributed by atoms with Gasteiger partial charge in [-0.25, -0.2) is 0 Å². The van der Waals surface area contributed by atoms with Crippen molar-refractivity contribution in [2.75, 3.05) is 0 Å². The maximum absolute atomic E-state index is 11.5. The first-order valence-corrected chi connectivity index (χ1v) is 4.55. The van der Waals surface area contributed by atoms with Gasteiger partial charge < -0.3 is 0 Å². The van der Waals surface area contributed by atoms with Crippen LogP contribution in [0.3, 0.4) is 0 Å². The number of nitrogens with zero attached hydrogens (tertiary/aromatic N) is 1. The predicted octanol–water partition coefficient (Wildman–Crippen LogP) is 1.62. The fourth-order valence-corrected chi connectivity index (χ4v) is 1.70. The average molecular weight is 179 g/mol. The number of carbonyl (C=O) groups excluding carboxylic acids is 2. The van der Waals surface area contributed by atoms with E-state index in [0.29, 0.717) is 25.7 Å². The minimum absolute atomic E-state index is 0.0130. The summed E-state index contributed by atoms with van der Waals surface area (Å²) in [5, 5.41) is 8.41.